The smallest absolute Gasteiger partial charge is 0.219 e. The van der Waals surface area contributed by atoms with Gasteiger partial charge < -0.3 is 14.5 Å². The zero-order valence-electron chi connectivity index (χ0n) is 17.6. The Morgan fingerprint density at radius 3 is 2.55 bits per heavy atom. The van der Waals surface area contributed by atoms with Gasteiger partial charge in [0.05, 0.1) is 12.6 Å². The van der Waals surface area contributed by atoms with Crippen LogP contribution >= 0.6 is 0 Å². The molecule has 1 amide bonds. The van der Waals surface area contributed by atoms with E-state index in [1.165, 1.54) is 16.7 Å². The normalized spacial score (nSPS) is 24.1. The van der Waals surface area contributed by atoms with Gasteiger partial charge in [0.1, 0.15) is 0 Å². The van der Waals surface area contributed by atoms with Gasteiger partial charge in [-0.05, 0) is 36.0 Å². The summed E-state index contributed by atoms with van der Waals surface area (Å²) in [6.07, 6.45) is 1.05. The summed E-state index contributed by atoms with van der Waals surface area (Å²) in [7, 11) is 0. The van der Waals surface area contributed by atoms with Crippen molar-refractivity contribution >= 4 is 5.91 Å². The molecule has 2 fully saturated rings. The van der Waals surface area contributed by atoms with Crippen LogP contribution in [0, 0.1) is 18.8 Å². The quantitative estimate of drug-likeness (QED) is 0.667. The van der Waals surface area contributed by atoms with E-state index in [0.29, 0.717) is 18.4 Å². The van der Waals surface area contributed by atoms with Crippen LogP contribution < -0.4 is 0 Å². The third-order valence-electron chi connectivity index (χ3n) is 6.53. The van der Waals surface area contributed by atoms with Crippen LogP contribution in [0.25, 0.3) is 0 Å². The molecule has 154 valence electrons. The van der Waals surface area contributed by atoms with E-state index in [2.05, 4.69) is 65.3 Å². The number of nitrogens with zero attached hydrogens (tertiary/aromatic N) is 2. The number of benzene rings is 2. The van der Waals surface area contributed by atoms with Crippen molar-refractivity contribution in [2.24, 2.45) is 11.8 Å². The molecule has 0 aliphatic carbocycles. The topological polar surface area (TPSA) is 32.8 Å². The van der Waals surface area contributed by atoms with Crippen LogP contribution in [0.2, 0.25) is 0 Å². The standard InChI is InChI=1S/C25H32N2O2/c1-19-9-6-7-12-23(19)25-24-17-26(15-22(24)16-27(25)20(2)28)13-8-14-29-18-21-10-4-3-5-11-21/h3-7,9-12,22,24-25H,8,13-18H2,1-2H3/t22-,24-,25-/m1/s1. The summed E-state index contributed by atoms with van der Waals surface area (Å²) in [4.78, 5) is 17.0. The van der Waals surface area contributed by atoms with E-state index in [-0.39, 0.29) is 11.9 Å². The zero-order valence-corrected chi connectivity index (χ0v) is 17.6. The molecule has 0 unspecified atom stereocenters. The van der Waals surface area contributed by atoms with Gasteiger partial charge >= 0.3 is 0 Å². The zero-order chi connectivity index (χ0) is 20.2. The van der Waals surface area contributed by atoms with Crippen molar-refractivity contribution in [1.82, 2.24) is 9.80 Å². The van der Waals surface area contributed by atoms with Crippen molar-refractivity contribution < 1.29 is 9.53 Å². The molecule has 0 radical (unpaired) electrons. The summed E-state index contributed by atoms with van der Waals surface area (Å²) < 4.78 is 5.85. The Kier molecular flexibility index (Phi) is 6.31. The molecular formula is C25H32N2O2. The Bertz CT molecular complexity index is 823. The first kappa shape index (κ1) is 20.1. The number of rotatable bonds is 7. The first-order valence-electron chi connectivity index (χ1n) is 10.8. The summed E-state index contributed by atoms with van der Waals surface area (Å²) in [5, 5.41) is 0. The maximum atomic E-state index is 12.3. The fourth-order valence-corrected chi connectivity index (χ4v) is 5.12. The van der Waals surface area contributed by atoms with E-state index in [4.69, 9.17) is 4.74 Å². The van der Waals surface area contributed by atoms with E-state index in [1.807, 2.05) is 6.07 Å². The number of amides is 1. The van der Waals surface area contributed by atoms with Gasteiger partial charge in [0, 0.05) is 45.6 Å². The predicted molar refractivity (Wildman–Crippen MR) is 115 cm³/mol. The van der Waals surface area contributed by atoms with Crippen LogP contribution in [-0.4, -0.2) is 48.5 Å². The lowest BCUT2D eigenvalue weighted by Gasteiger charge is -2.30. The fraction of sp³-hybridized carbons (Fsp3) is 0.480. The number of carbonyl (C=O) groups is 1. The minimum absolute atomic E-state index is 0.202. The van der Waals surface area contributed by atoms with Crippen LogP contribution in [0.5, 0.6) is 0 Å². The summed E-state index contributed by atoms with van der Waals surface area (Å²) in [5.41, 5.74) is 3.84. The van der Waals surface area contributed by atoms with Crippen molar-refractivity contribution in [3.8, 4) is 0 Å². The second-order valence-corrected chi connectivity index (χ2v) is 8.55. The SMILES string of the molecule is CC(=O)N1C[C@H]2CN(CCCOCc3ccccc3)C[C@H]2[C@H]1c1ccccc1C. The molecular weight excluding hydrogens is 360 g/mol. The van der Waals surface area contributed by atoms with E-state index >= 15 is 0 Å². The van der Waals surface area contributed by atoms with Crippen LogP contribution in [0.4, 0.5) is 0 Å². The molecule has 0 spiro atoms. The molecule has 3 atom stereocenters. The van der Waals surface area contributed by atoms with Crippen LogP contribution in [0.3, 0.4) is 0 Å². The van der Waals surface area contributed by atoms with Gasteiger partial charge in [-0.3, -0.25) is 4.79 Å². The third kappa shape index (κ3) is 4.54. The number of hydrogen-bond donors (Lipinski definition) is 0. The van der Waals surface area contributed by atoms with Crippen LogP contribution in [0.15, 0.2) is 54.6 Å². The van der Waals surface area contributed by atoms with Crippen molar-refractivity contribution in [2.45, 2.75) is 32.9 Å². The molecule has 0 aromatic heterocycles. The highest BCUT2D eigenvalue weighted by molar-refractivity contribution is 5.74. The van der Waals surface area contributed by atoms with Crippen LogP contribution in [-0.2, 0) is 16.1 Å². The summed E-state index contributed by atoms with van der Waals surface area (Å²) in [6.45, 7) is 9.49. The second-order valence-electron chi connectivity index (χ2n) is 8.55. The number of aryl methyl sites for hydroxylation is 1. The maximum Gasteiger partial charge on any atom is 0.219 e. The Balaban J connectivity index is 1.31. The average molecular weight is 393 g/mol. The number of ether oxygens (including phenoxy) is 1. The van der Waals surface area contributed by atoms with E-state index in [9.17, 15) is 4.79 Å². The number of fused-ring (bicyclic) bond motifs is 1. The molecule has 2 saturated heterocycles. The van der Waals surface area contributed by atoms with Gasteiger partial charge in [-0.15, -0.1) is 0 Å². The molecule has 0 bridgehead atoms. The first-order valence-corrected chi connectivity index (χ1v) is 10.8. The number of hydrogen-bond acceptors (Lipinski definition) is 3. The highest BCUT2D eigenvalue weighted by Crippen LogP contribution is 2.45. The number of carbonyl (C=O) groups excluding carboxylic acids is 1. The minimum atomic E-state index is 0.202. The van der Waals surface area contributed by atoms with Gasteiger partial charge in [0.15, 0.2) is 0 Å². The molecule has 4 heteroatoms. The van der Waals surface area contributed by atoms with Crippen molar-refractivity contribution in [3.63, 3.8) is 0 Å². The largest absolute Gasteiger partial charge is 0.377 e. The average Bonchev–Trinajstić information content (AvgIpc) is 3.27. The van der Waals surface area contributed by atoms with Crippen molar-refractivity contribution in [1.29, 1.82) is 0 Å². The highest BCUT2D eigenvalue weighted by atomic mass is 16.5. The molecule has 2 aliphatic rings. The molecule has 2 aliphatic heterocycles. The van der Waals surface area contributed by atoms with E-state index in [1.54, 1.807) is 6.92 Å². The third-order valence-corrected chi connectivity index (χ3v) is 6.53. The molecule has 2 aromatic carbocycles. The lowest BCUT2D eigenvalue weighted by atomic mass is 9.87. The molecule has 2 heterocycles. The lowest BCUT2D eigenvalue weighted by Crippen LogP contribution is -2.35. The number of likely N-dealkylation sites (tertiary alicyclic amines) is 2. The molecule has 4 rings (SSSR count). The Hall–Kier alpha value is -2.17. The van der Waals surface area contributed by atoms with Crippen molar-refractivity contribution in [3.05, 3.63) is 71.3 Å². The second kappa shape index (κ2) is 9.10. The van der Waals surface area contributed by atoms with Crippen molar-refractivity contribution in [2.75, 3.05) is 32.8 Å². The monoisotopic (exact) mass is 392 g/mol. The van der Waals surface area contributed by atoms with Crippen LogP contribution in [0.1, 0.15) is 36.1 Å². The Labute approximate surface area is 174 Å². The summed E-state index contributed by atoms with van der Waals surface area (Å²) >= 11 is 0. The molecule has 2 aromatic rings. The van der Waals surface area contributed by atoms with Gasteiger partial charge in [-0.1, -0.05) is 54.6 Å². The lowest BCUT2D eigenvalue weighted by molar-refractivity contribution is -0.130. The van der Waals surface area contributed by atoms with Gasteiger partial charge in [-0.25, -0.2) is 0 Å². The molecule has 4 nitrogen and oxygen atoms in total. The predicted octanol–water partition coefficient (Wildman–Crippen LogP) is 4.05. The molecule has 0 saturated carbocycles. The van der Waals surface area contributed by atoms with E-state index in [0.717, 1.165) is 39.2 Å². The van der Waals surface area contributed by atoms with E-state index < -0.39 is 0 Å². The summed E-state index contributed by atoms with van der Waals surface area (Å²) in [5.74, 6) is 1.31. The fourth-order valence-electron chi connectivity index (χ4n) is 5.12. The molecule has 0 N–H and O–H groups in total. The maximum absolute atomic E-state index is 12.3. The molecule has 29 heavy (non-hydrogen) atoms. The highest BCUT2D eigenvalue weighted by Gasteiger charge is 2.48. The summed E-state index contributed by atoms with van der Waals surface area (Å²) in [6, 6.07) is 19.1. The Morgan fingerprint density at radius 1 is 1.03 bits per heavy atom. The Morgan fingerprint density at radius 2 is 1.79 bits per heavy atom. The first-order chi connectivity index (χ1) is 14.1. The van der Waals surface area contributed by atoms with Gasteiger partial charge in [0.25, 0.3) is 0 Å². The van der Waals surface area contributed by atoms with Gasteiger partial charge in [-0.2, -0.15) is 0 Å². The van der Waals surface area contributed by atoms with Gasteiger partial charge in [0.2, 0.25) is 5.91 Å². The minimum Gasteiger partial charge on any atom is -0.377 e.